The van der Waals surface area contributed by atoms with Crippen molar-refractivity contribution >= 4 is 28.4 Å². The molecular weight excluding hydrogens is 291 g/mol. The van der Waals surface area contributed by atoms with Crippen molar-refractivity contribution in [3.05, 3.63) is 70.2 Å². The first-order valence-corrected chi connectivity index (χ1v) is 7.25. The Morgan fingerprint density at radius 1 is 1.19 bits per heavy atom. The van der Waals surface area contributed by atoms with Crippen molar-refractivity contribution in [2.45, 2.75) is 10.6 Å². The molecule has 1 N–H and O–H groups in total. The second-order valence-electron chi connectivity index (χ2n) is 4.54. The Morgan fingerprint density at radius 3 is 2.67 bits per heavy atom. The number of nitrogens with zero attached hydrogens (tertiary/aromatic N) is 1. The summed E-state index contributed by atoms with van der Waals surface area (Å²) in [6.45, 7) is 0. The van der Waals surface area contributed by atoms with E-state index in [0.29, 0.717) is 5.75 Å². The summed E-state index contributed by atoms with van der Waals surface area (Å²) in [5, 5.41) is 11.7. The van der Waals surface area contributed by atoms with E-state index in [-0.39, 0.29) is 11.5 Å². The van der Waals surface area contributed by atoms with E-state index in [9.17, 15) is 14.5 Å². The lowest BCUT2D eigenvalue weighted by Crippen LogP contribution is -1.87. The number of benzene rings is 2. The smallest absolute Gasteiger partial charge is 0.270 e. The highest BCUT2D eigenvalue weighted by Crippen LogP contribution is 2.29. The summed E-state index contributed by atoms with van der Waals surface area (Å²) in [5.41, 5.74) is 1.94. The Morgan fingerprint density at radius 2 is 1.95 bits per heavy atom. The highest BCUT2D eigenvalue weighted by atomic mass is 32.2. The molecule has 2 aromatic carbocycles. The number of nitro benzene ring substituents is 1. The Labute approximate surface area is 124 Å². The van der Waals surface area contributed by atoms with Gasteiger partial charge in [-0.1, -0.05) is 0 Å². The molecule has 0 spiro atoms. The number of H-pyrrole nitrogens is 1. The van der Waals surface area contributed by atoms with E-state index < -0.39 is 4.92 Å². The number of aromatic nitrogens is 1. The van der Waals surface area contributed by atoms with Crippen molar-refractivity contribution < 1.29 is 9.31 Å². The minimum Gasteiger partial charge on any atom is -0.361 e. The van der Waals surface area contributed by atoms with Gasteiger partial charge in [-0.25, -0.2) is 4.39 Å². The SMILES string of the molecule is O=[N+]([O-])c1ccc2[nH]cc(CSc3ccc(F)cc3)c2c1. The first kappa shape index (κ1) is 13.6. The van der Waals surface area contributed by atoms with Gasteiger partial charge in [0, 0.05) is 39.9 Å². The van der Waals surface area contributed by atoms with Crippen LogP contribution in [0, 0.1) is 15.9 Å². The van der Waals surface area contributed by atoms with E-state index in [0.717, 1.165) is 21.4 Å². The van der Waals surface area contributed by atoms with Gasteiger partial charge in [-0.2, -0.15) is 0 Å². The molecule has 0 unspecified atom stereocenters. The summed E-state index contributed by atoms with van der Waals surface area (Å²) in [7, 11) is 0. The van der Waals surface area contributed by atoms with E-state index in [1.807, 2.05) is 6.20 Å². The molecule has 0 bridgehead atoms. The molecule has 0 amide bonds. The van der Waals surface area contributed by atoms with Crippen LogP contribution in [0.25, 0.3) is 10.9 Å². The van der Waals surface area contributed by atoms with Crippen LogP contribution in [0.1, 0.15) is 5.56 Å². The van der Waals surface area contributed by atoms with Crippen LogP contribution in [0.5, 0.6) is 0 Å². The number of halogens is 1. The molecule has 6 heteroatoms. The van der Waals surface area contributed by atoms with E-state index in [2.05, 4.69) is 4.98 Å². The molecule has 0 radical (unpaired) electrons. The fraction of sp³-hybridized carbons (Fsp3) is 0.0667. The molecule has 0 fully saturated rings. The zero-order chi connectivity index (χ0) is 14.8. The van der Waals surface area contributed by atoms with Crippen molar-refractivity contribution in [2.24, 2.45) is 0 Å². The summed E-state index contributed by atoms with van der Waals surface area (Å²) < 4.78 is 12.9. The number of rotatable bonds is 4. The van der Waals surface area contributed by atoms with Gasteiger partial charge in [0.25, 0.3) is 5.69 Å². The van der Waals surface area contributed by atoms with Crippen molar-refractivity contribution in [3.8, 4) is 0 Å². The molecule has 1 heterocycles. The van der Waals surface area contributed by atoms with Gasteiger partial charge in [0.05, 0.1) is 4.92 Å². The van der Waals surface area contributed by atoms with Gasteiger partial charge in [0.1, 0.15) is 5.82 Å². The lowest BCUT2D eigenvalue weighted by molar-refractivity contribution is -0.384. The second-order valence-corrected chi connectivity index (χ2v) is 5.59. The van der Waals surface area contributed by atoms with Crippen molar-refractivity contribution in [1.82, 2.24) is 4.98 Å². The molecule has 3 rings (SSSR count). The molecule has 0 aliphatic rings. The third-order valence-corrected chi connectivity index (χ3v) is 4.23. The van der Waals surface area contributed by atoms with Gasteiger partial charge < -0.3 is 4.98 Å². The third-order valence-electron chi connectivity index (χ3n) is 3.17. The Hall–Kier alpha value is -2.34. The Balaban J connectivity index is 1.84. The highest BCUT2D eigenvalue weighted by Gasteiger charge is 2.10. The third kappa shape index (κ3) is 2.90. The van der Waals surface area contributed by atoms with Crippen molar-refractivity contribution in [1.29, 1.82) is 0 Å². The fourth-order valence-electron chi connectivity index (χ4n) is 2.09. The van der Waals surface area contributed by atoms with Crippen LogP contribution in [0.4, 0.5) is 10.1 Å². The number of aromatic amines is 1. The summed E-state index contributed by atoms with van der Waals surface area (Å²) >= 11 is 1.56. The first-order valence-electron chi connectivity index (χ1n) is 6.26. The summed E-state index contributed by atoms with van der Waals surface area (Å²) in [5.74, 6) is 0.398. The number of thioether (sulfide) groups is 1. The van der Waals surface area contributed by atoms with Gasteiger partial charge >= 0.3 is 0 Å². The monoisotopic (exact) mass is 302 g/mol. The summed E-state index contributed by atoms with van der Waals surface area (Å²) in [6.07, 6.45) is 1.85. The normalized spacial score (nSPS) is 10.9. The maximum absolute atomic E-state index is 12.9. The predicted octanol–water partition coefficient (Wildman–Crippen LogP) is 4.51. The zero-order valence-corrected chi connectivity index (χ0v) is 11.7. The Bertz CT molecular complexity index is 799. The number of nitro groups is 1. The molecule has 106 valence electrons. The van der Waals surface area contributed by atoms with Crippen LogP contribution >= 0.6 is 11.8 Å². The molecule has 0 aliphatic heterocycles. The number of non-ortho nitro benzene ring substituents is 1. The minimum atomic E-state index is -0.399. The first-order chi connectivity index (χ1) is 10.1. The average Bonchev–Trinajstić information content (AvgIpc) is 2.89. The highest BCUT2D eigenvalue weighted by molar-refractivity contribution is 7.98. The van der Waals surface area contributed by atoms with E-state index >= 15 is 0 Å². The molecule has 0 saturated carbocycles. The number of nitrogens with one attached hydrogen (secondary N) is 1. The molecule has 3 aromatic rings. The summed E-state index contributed by atoms with van der Waals surface area (Å²) in [6, 6.07) is 11.0. The predicted molar refractivity (Wildman–Crippen MR) is 80.9 cm³/mol. The molecule has 0 saturated heterocycles. The lowest BCUT2D eigenvalue weighted by Gasteiger charge is -2.01. The summed E-state index contributed by atoms with van der Waals surface area (Å²) in [4.78, 5) is 14.5. The second kappa shape index (κ2) is 5.57. The molecule has 4 nitrogen and oxygen atoms in total. The van der Waals surface area contributed by atoms with Gasteiger partial charge in [0.15, 0.2) is 0 Å². The van der Waals surface area contributed by atoms with Gasteiger partial charge in [0.2, 0.25) is 0 Å². The molecular formula is C15H11FN2O2S. The quantitative estimate of drug-likeness (QED) is 0.438. The van der Waals surface area contributed by atoms with E-state index in [1.54, 1.807) is 36.0 Å². The van der Waals surface area contributed by atoms with Gasteiger partial charge in [-0.05, 0) is 35.9 Å². The van der Waals surface area contributed by atoms with Crippen LogP contribution < -0.4 is 0 Å². The van der Waals surface area contributed by atoms with Crippen LogP contribution in [-0.4, -0.2) is 9.91 Å². The zero-order valence-electron chi connectivity index (χ0n) is 10.9. The average molecular weight is 302 g/mol. The maximum atomic E-state index is 12.9. The van der Waals surface area contributed by atoms with Crippen LogP contribution in [0.15, 0.2) is 53.6 Å². The van der Waals surface area contributed by atoms with Crippen LogP contribution in [0.2, 0.25) is 0 Å². The molecule has 1 aromatic heterocycles. The topological polar surface area (TPSA) is 58.9 Å². The Kier molecular flexibility index (Phi) is 3.62. The number of hydrogen-bond donors (Lipinski definition) is 1. The molecule has 0 atom stereocenters. The van der Waals surface area contributed by atoms with Gasteiger partial charge in [-0.15, -0.1) is 11.8 Å². The minimum absolute atomic E-state index is 0.0788. The largest absolute Gasteiger partial charge is 0.361 e. The standard InChI is InChI=1S/C15H11FN2O2S/c16-11-1-4-13(5-2-11)21-9-10-8-17-15-6-3-12(18(19)20)7-14(10)15/h1-8,17H,9H2. The maximum Gasteiger partial charge on any atom is 0.270 e. The van der Waals surface area contributed by atoms with E-state index in [4.69, 9.17) is 0 Å². The van der Waals surface area contributed by atoms with Crippen LogP contribution in [-0.2, 0) is 5.75 Å². The number of hydrogen-bond acceptors (Lipinski definition) is 3. The van der Waals surface area contributed by atoms with Gasteiger partial charge in [-0.3, -0.25) is 10.1 Å². The van der Waals surface area contributed by atoms with Crippen molar-refractivity contribution in [3.63, 3.8) is 0 Å². The van der Waals surface area contributed by atoms with Crippen molar-refractivity contribution in [2.75, 3.05) is 0 Å². The molecule has 21 heavy (non-hydrogen) atoms. The molecule has 0 aliphatic carbocycles. The number of fused-ring (bicyclic) bond motifs is 1. The van der Waals surface area contributed by atoms with E-state index in [1.165, 1.54) is 18.2 Å². The lowest BCUT2D eigenvalue weighted by atomic mass is 10.2. The van der Waals surface area contributed by atoms with Crippen LogP contribution in [0.3, 0.4) is 0 Å². The fourth-order valence-corrected chi connectivity index (χ4v) is 2.98.